The molecule has 0 atom stereocenters. The van der Waals surface area contributed by atoms with Gasteiger partial charge in [-0.1, -0.05) is 13.8 Å². The first-order valence-corrected chi connectivity index (χ1v) is 6.24. The monoisotopic (exact) mass is 229 g/mol. The lowest BCUT2D eigenvalue weighted by molar-refractivity contribution is -0.154. The zero-order chi connectivity index (χ0) is 12.6. The Morgan fingerprint density at radius 1 is 1.25 bits per heavy atom. The standard InChI is InChI=1S/C13H27NO2/c1-11(2)10-14-9-7-6-8-12(15)16-13(3,4)5/h11,14H,6-10H2,1-5H3. The summed E-state index contributed by atoms with van der Waals surface area (Å²) in [5.41, 5.74) is -0.354. The highest BCUT2D eigenvalue weighted by atomic mass is 16.6. The molecule has 0 unspecified atom stereocenters. The number of carbonyl (C=O) groups is 1. The molecule has 0 bridgehead atoms. The van der Waals surface area contributed by atoms with Gasteiger partial charge in [-0.3, -0.25) is 4.79 Å². The number of hydrogen-bond donors (Lipinski definition) is 1. The van der Waals surface area contributed by atoms with Gasteiger partial charge in [0.1, 0.15) is 5.60 Å². The SMILES string of the molecule is CC(C)CNCCCCC(=O)OC(C)(C)C. The molecule has 96 valence electrons. The molecule has 0 saturated carbocycles. The van der Waals surface area contributed by atoms with Crippen molar-refractivity contribution in [3.63, 3.8) is 0 Å². The summed E-state index contributed by atoms with van der Waals surface area (Å²) < 4.78 is 5.22. The molecular formula is C13H27NO2. The molecule has 0 fully saturated rings. The lowest BCUT2D eigenvalue weighted by atomic mass is 10.2. The average molecular weight is 229 g/mol. The molecule has 3 heteroatoms. The van der Waals surface area contributed by atoms with E-state index in [2.05, 4.69) is 19.2 Å². The molecular weight excluding hydrogens is 202 g/mol. The normalized spacial score (nSPS) is 11.9. The second kappa shape index (κ2) is 7.66. The van der Waals surface area contributed by atoms with Crippen molar-refractivity contribution in [3.05, 3.63) is 0 Å². The van der Waals surface area contributed by atoms with Crippen molar-refractivity contribution in [3.8, 4) is 0 Å². The van der Waals surface area contributed by atoms with Gasteiger partial charge in [0, 0.05) is 6.42 Å². The summed E-state index contributed by atoms with van der Waals surface area (Å²) >= 11 is 0. The third-order valence-corrected chi connectivity index (χ3v) is 1.96. The molecule has 0 aliphatic carbocycles. The Bertz CT molecular complexity index is 195. The largest absolute Gasteiger partial charge is 0.460 e. The zero-order valence-electron chi connectivity index (χ0n) is 11.4. The zero-order valence-corrected chi connectivity index (χ0v) is 11.4. The van der Waals surface area contributed by atoms with Gasteiger partial charge in [-0.15, -0.1) is 0 Å². The predicted molar refractivity (Wildman–Crippen MR) is 67.4 cm³/mol. The first kappa shape index (κ1) is 15.4. The topological polar surface area (TPSA) is 38.3 Å². The van der Waals surface area contributed by atoms with E-state index in [4.69, 9.17) is 4.74 Å². The minimum absolute atomic E-state index is 0.0867. The minimum Gasteiger partial charge on any atom is -0.460 e. The van der Waals surface area contributed by atoms with Gasteiger partial charge in [0.25, 0.3) is 0 Å². The Hall–Kier alpha value is -0.570. The molecule has 0 rings (SSSR count). The highest BCUT2D eigenvalue weighted by Gasteiger charge is 2.15. The number of unbranched alkanes of at least 4 members (excludes halogenated alkanes) is 1. The van der Waals surface area contributed by atoms with E-state index in [1.165, 1.54) is 0 Å². The molecule has 16 heavy (non-hydrogen) atoms. The Kier molecular flexibility index (Phi) is 7.39. The van der Waals surface area contributed by atoms with E-state index in [9.17, 15) is 4.79 Å². The maximum Gasteiger partial charge on any atom is 0.306 e. The fourth-order valence-electron chi connectivity index (χ4n) is 1.30. The summed E-state index contributed by atoms with van der Waals surface area (Å²) in [6.45, 7) is 12.1. The lowest BCUT2D eigenvalue weighted by Gasteiger charge is -2.19. The fourth-order valence-corrected chi connectivity index (χ4v) is 1.30. The van der Waals surface area contributed by atoms with Crippen molar-refractivity contribution in [2.45, 2.75) is 59.5 Å². The van der Waals surface area contributed by atoms with Gasteiger partial charge in [0.05, 0.1) is 0 Å². The summed E-state index contributed by atoms with van der Waals surface area (Å²) in [6.07, 6.45) is 2.46. The van der Waals surface area contributed by atoms with Gasteiger partial charge >= 0.3 is 5.97 Å². The van der Waals surface area contributed by atoms with E-state index in [0.717, 1.165) is 25.9 Å². The molecule has 0 aliphatic rings. The van der Waals surface area contributed by atoms with Crippen LogP contribution >= 0.6 is 0 Å². The minimum atomic E-state index is -0.354. The van der Waals surface area contributed by atoms with E-state index in [0.29, 0.717) is 12.3 Å². The summed E-state index contributed by atoms with van der Waals surface area (Å²) in [5, 5.41) is 3.35. The molecule has 0 radical (unpaired) electrons. The number of rotatable bonds is 7. The van der Waals surface area contributed by atoms with Crippen LogP contribution in [0.5, 0.6) is 0 Å². The van der Waals surface area contributed by atoms with Gasteiger partial charge in [0.15, 0.2) is 0 Å². The van der Waals surface area contributed by atoms with Crippen LogP contribution in [0.4, 0.5) is 0 Å². The summed E-state index contributed by atoms with van der Waals surface area (Å²) in [6, 6.07) is 0. The second-order valence-corrected chi connectivity index (χ2v) is 5.64. The molecule has 0 aromatic carbocycles. The van der Waals surface area contributed by atoms with E-state index in [1.807, 2.05) is 20.8 Å². The van der Waals surface area contributed by atoms with Crippen molar-refractivity contribution in [2.75, 3.05) is 13.1 Å². The predicted octanol–water partition coefficient (Wildman–Crippen LogP) is 2.74. The molecule has 0 heterocycles. The van der Waals surface area contributed by atoms with E-state index >= 15 is 0 Å². The van der Waals surface area contributed by atoms with Gasteiger partial charge in [0.2, 0.25) is 0 Å². The third-order valence-electron chi connectivity index (χ3n) is 1.96. The number of carbonyl (C=O) groups excluding carboxylic acids is 1. The Morgan fingerprint density at radius 3 is 2.38 bits per heavy atom. The number of nitrogens with one attached hydrogen (secondary N) is 1. The summed E-state index contributed by atoms with van der Waals surface area (Å²) in [4.78, 5) is 11.4. The smallest absolute Gasteiger partial charge is 0.306 e. The van der Waals surface area contributed by atoms with Crippen LogP contribution in [0.2, 0.25) is 0 Å². The highest BCUT2D eigenvalue weighted by molar-refractivity contribution is 5.69. The van der Waals surface area contributed by atoms with E-state index in [1.54, 1.807) is 0 Å². The van der Waals surface area contributed by atoms with Crippen LogP contribution in [0.15, 0.2) is 0 Å². The first-order valence-electron chi connectivity index (χ1n) is 6.24. The van der Waals surface area contributed by atoms with Crippen LogP contribution in [-0.4, -0.2) is 24.7 Å². The van der Waals surface area contributed by atoms with Crippen LogP contribution in [-0.2, 0) is 9.53 Å². The number of hydrogen-bond acceptors (Lipinski definition) is 3. The average Bonchev–Trinajstić information content (AvgIpc) is 2.07. The van der Waals surface area contributed by atoms with Crippen LogP contribution < -0.4 is 5.32 Å². The quantitative estimate of drug-likeness (QED) is 0.539. The van der Waals surface area contributed by atoms with Gasteiger partial charge < -0.3 is 10.1 Å². The maximum atomic E-state index is 11.4. The summed E-state index contributed by atoms with van der Waals surface area (Å²) in [5.74, 6) is 0.599. The van der Waals surface area contributed by atoms with Gasteiger partial charge in [-0.05, 0) is 52.6 Å². The molecule has 3 nitrogen and oxygen atoms in total. The molecule has 0 saturated heterocycles. The number of esters is 1. The Balaban J connectivity index is 3.35. The van der Waals surface area contributed by atoms with Gasteiger partial charge in [-0.25, -0.2) is 0 Å². The van der Waals surface area contributed by atoms with E-state index in [-0.39, 0.29) is 11.6 Å². The van der Waals surface area contributed by atoms with Crippen LogP contribution in [0.3, 0.4) is 0 Å². The van der Waals surface area contributed by atoms with Crippen molar-refractivity contribution in [1.82, 2.24) is 5.32 Å². The third kappa shape index (κ3) is 11.5. The number of ether oxygens (including phenoxy) is 1. The molecule has 1 N–H and O–H groups in total. The van der Waals surface area contributed by atoms with E-state index < -0.39 is 0 Å². The first-order chi connectivity index (χ1) is 7.31. The molecule has 0 aromatic rings. The second-order valence-electron chi connectivity index (χ2n) is 5.64. The van der Waals surface area contributed by atoms with Crippen molar-refractivity contribution in [1.29, 1.82) is 0 Å². The van der Waals surface area contributed by atoms with Gasteiger partial charge in [-0.2, -0.15) is 0 Å². The van der Waals surface area contributed by atoms with Crippen molar-refractivity contribution < 1.29 is 9.53 Å². The molecule has 0 aromatic heterocycles. The van der Waals surface area contributed by atoms with Crippen molar-refractivity contribution in [2.24, 2.45) is 5.92 Å². The molecule has 0 amide bonds. The van der Waals surface area contributed by atoms with Crippen molar-refractivity contribution >= 4 is 5.97 Å². The Morgan fingerprint density at radius 2 is 1.88 bits per heavy atom. The lowest BCUT2D eigenvalue weighted by Crippen LogP contribution is -2.24. The maximum absolute atomic E-state index is 11.4. The fraction of sp³-hybridized carbons (Fsp3) is 0.923. The van der Waals surface area contributed by atoms with Crippen LogP contribution in [0, 0.1) is 5.92 Å². The van der Waals surface area contributed by atoms with Crippen LogP contribution in [0.1, 0.15) is 53.9 Å². The molecule has 0 spiro atoms. The highest BCUT2D eigenvalue weighted by Crippen LogP contribution is 2.09. The Labute approximate surface area is 99.9 Å². The molecule has 0 aliphatic heterocycles. The van der Waals surface area contributed by atoms with Crippen LogP contribution in [0.25, 0.3) is 0 Å². The summed E-state index contributed by atoms with van der Waals surface area (Å²) in [7, 11) is 0.